The molecule has 0 aromatic carbocycles. The van der Waals surface area contributed by atoms with Crippen molar-refractivity contribution in [2.24, 2.45) is 13.0 Å². The van der Waals surface area contributed by atoms with Gasteiger partial charge in [0.15, 0.2) is 0 Å². The highest BCUT2D eigenvalue weighted by atomic mass is 16.4. The number of carbonyl (C=O) groups is 2. The van der Waals surface area contributed by atoms with Crippen LogP contribution in [0.5, 0.6) is 0 Å². The zero-order valence-electron chi connectivity index (χ0n) is 11.2. The summed E-state index contributed by atoms with van der Waals surface area (Å²) in [6, 6.07) is 1.82. The van der Waals surface area contributed by atoms with Crippen LogP contribution in [0.15, 0.2) is 6.07 Å². The fourth-order valence-corrected chi connectivity index (χ4v) is 2.57. The molecule has 1 aliphatic carbocycles. The van der Waals surface area contributed by atoms with Crippen molar-refractivity contribution in [3.8, 4) is 0 Å². The van der Waals surface area contributed by atoms with Crippen molar-refractivity contribution in [2.45, 2.75) is 38.6 Å². The van der Waals surface area contributed by atoms with Crippen LogP contribution in [0.4, 0.5) is 0 Å². The fraction of sp³-hybridized carbons (Fsp3) is 0.615. The van der Waals surface area contributed by atoms with Gasteiger partial charge in [-0.25, -0.2) is 0 Å². The molecular weight excluding hydrogens is 246 g/mol. The van der Waals surface area contributed by atoms with Crippen LogP contribution < -0.4 is 5.32 Å². The molecule has 0 bridgehead atoms. The molecule has 2 N–H and O–H groups in total. The van der Waals surface area contributed by atoms with Crippen LogP contribution in [-0.2, 0) is 11.8 Å². The van der Waals surface area contributed by atoms with Gasteiger partial charge < -0.3 is 10.4 Å². The van der Waals surface area contributed by atoms with E-state index in [2.05, 4.69) is 10.4 Å². The summed E-state index contributed by atoms with van der Waals surface area (Å²) in [6.45, 7) is 1.84. The highest BCUT2D eigenvalue weighted by molar-refractivity contribution is 5.92. The molecule has 104 valence electrons. The molecule has 0 unspecified atom stereocenters. The molecule has 6 heteroatoms. The van der Waals surface area contributed by atoms with Crippen LogP contribution >= 0.6 is 0 Å². The first-order valence-electron chi connectivity index (χ1n) is 6.51. The summed E-state index contributed by atoms with van der Waals surface area (Å²) in [4.78, 5) is 22.9. The van der Waals surface area contributed by atoms with E-state index >= 15 is 0 Å². The van der Waals surface area contributed by atoms with E-state index < -0.39 is 5.97 Å². The number of hydrogen-bond acceptors (Lipinski definition) is 3. The summed E-state index contributed by atoms with van der Waals surface area (Å²) in [6.07, 6.45) is 2.70. The molecule has 1 aromatic rings. The molecule has 0 saturated heterocycles. The maximum Gasteiger partial charge on any atom is 0.306 e. The molecule has 19 heavy (non-hydrogen) atoms. The van der Waals surface area contributed by atoms with E-state index in [1.807, 2.05) is 6.92 Å². The maximum atomic E-state index is 12.1. The van der Waals surface area contributed by atoms with Gasteiger partial charge in [0, 0.05) is 13.1 Å². The summed E-state index contributed by atoms with van der Waals surface area (Å²) in [5.74, 6) is -1.12. The third-order valence-electron chi connectivity index (χ3n) is 3.65. The van der Waals surface area contributed by atoms with Gasteiger partial charge in [-0.05, 0) is 38.7 Å². The molecule has 0 atom stereocenters. The van der Waals surface area contributed by atoms with Crippen LogP contribution in [0.1, 0.15) is 41.9 Å². The van der Waals surface area contributed by atoms with Crippen molar-refractivity contribution in [2.75, 3.05) is 0 Å². The molecule has 1 aliphatic rings. The van der Waals surface area contributed by atoms with Crippen LogP contribution in [0.25, 0.3) is 0 Å². The molecule has 6 nitrogen and oxygen atoms in total. The van der Waals surface area contributed by atoms with E-state index in [0.717, 1.165) is 18.5 Å². The molecule has 2 rings (SSSR count). The third-order valence-corrected chi connectivity index (χ3v) is 3.65. The Labute approximate surface area is 111 Å². The van der Waals surface area contributed by atoms with Gasteiger partial charge in [-0.15, -0.1) is 0 Å². The second-order valence-corrected chi connectivity index (χ2v) is 5.15. The molecule has 1 aromatic heterocycles. The van der Waals surface area contributed by atoms with E-state index in [9.17, 15) is 9.59 Å². The Balaban J connectivity index is 1.91. The molecule has 0 aliphatic heterocycles. The number of carboxylic acid groups (broad SMARTS) is 1. The van der Waals surface area contributed by atoms with Gasteiger partial charge in [-0.3, -0.25) is 14.3 Å². The highest BCUT2D eigenvalue weighted by Gasteiger charge is 2.27. The van der Waals surface area contributed by atoms with E-state index in [1.54, 1.807) is 17.8 Å². The van der Waals surface area contributed by atoms with Crippen molar-refractivity contribution >= 4 is 11.9 Å². The van der Waals surface area contributed by atoms with Crippen LogP contribution in [-0.4, -0.2) is 32.8 Å². The van der Waals surface area contributed by atoms with E-state index in [4.69, 9.17) is 5.11 Å². The monoisotopic (exact) mass is 265 g/mol. The van der Waals surface area contributed by atoms with Crippen molar-refractivity contribution in [3.05, 3.63) is 17.5 Å². The number of aryl methyl sites for hydroxylation is 2. The summed E-state index contributed by atoms with van der Waals surface area (Å²) >= 11 is 0. The third kappa shape index (κ3) is 3.13. The largest absolute Gasteiger partial charge is 0.481 e. The zero-order chi connectivity index (χ0) is 14.0. The quantitative estimate of drug-likeness (QED) is 0.857. The Morgan fingerprint density at radius 3 is 2.47 bits per heavy atom. The molecule has 1 saturated carbocycles. The molecule has 0 radical (unpaired) electrons. The number of aliphatic carboxylic acids is 1. The van der Waals surface area contributed by atoms with Gasteiger partial charge >= 0.3 is 5.97 Å². The number of carbonyl (C=O) groups excluding carboxylic acids is 1. The fourth-order valence-electron chi connectivity index (χ4n) is 2.57. The number of amides is 1. The molecule has 1 fully saturated rings. The number of carboxylic acids is 1. The number of rotatable bonds is 3. The first-order valence-corrected chi connectivity index (χ1v) is 6.51. The Bertz CT molecular complexity index is 487. The zero-order valence-corrected chi connectivity index (χ0v) is 11.2. The van der Waals surface area contributed by atoms with E-state index in [1.165, 1.54) is 0 Å². The Hall–Kier alpha value is -1.85. The smallest absolute Gasteiger partial charge is 0.306 e. The lowest BCUT2D eigenvalue weighted by Gasteiger charge is -2.26. The summed E-state index contributed by atoms with van der Waals surface area (Å²) in [5.41, 5.74) is 1.35. The summed E-state index contributed by atoms with van der Waals surface area (Å²) < 4.78 is 1.56. The maximum absolute atomic E-state index is 12.1. The minimum Gasteiger partial charge on any atom is -0.481 e. The second-order valence-electron chi connectivity index (χ2n) is 5.15. The normalized spacial score (nSPS) is 23.1. The van der Waals surface area contributed by atoms with Gasteiger partial charge in [0.2, 0.25) is 0 Å². The van der Waals surface area contributed by atoms with Gasteiger partial charge in [-0.1, -0.05) is 0 Å². The minimum atomic E-state index is -0.730. The molecule has 1 amide bonds. The molecule has 1 heterocycles. The lowest BCUT2D eigenvalue weighted by molar-refractivity contribution is -0.142. The topological polar surface area (TPSA) is 84.2 Å². The van der Waals surface area contributed by atoms with Crippen LogP contribution in [0, 0.1) is 12.8 Å². The van der Waals surface area contributed by atoms with Crippen molar-refractivity contribution in [3.63, 3.8) is 0 Å². The lowest BCUT2D eigenvalue weighted by atomic mass is 9.86. The van der Waals surface area contributed by atoms with E-state index in [-0.39, 0.29) is 17.9 Å². The van der Waals surface area contributed by atoms with Gasteiger partial charge in [0.25, 0.3) is 5.91 Å². The average Bonchev–Trinajstić information content (AvgIpc) is 2.69. The standard InChI is InChI=1S/C13H19N3O3/c1-8-7-11(16(2)15-8)12(17)14-10-5-3-9(4-6-10)13(18)19/h7,9-10H,3-6H2,1-2H3,(H,14,17)(H,18,19). The molecular formula is C13H19N3O3. The van der Waals surface area contributed by atoms with E-state index in [0.29, 0.717) is 18.5 Å². The lowest BCUT2D eigenvalue weighted by Crippen LogP contribution is -2.39. The number of aromatic nitrogens is 2. The summed E-state index contributed by atoms with van der Waals surface area (Å²) in [7, 11) is 1.74. The van der Waals surface area contributed by atoms with Gasteiger partial charge in [0.05, 0.1) is 11.6 Å². The Kier molecular flexibility index (Phi) is 3.87. The predicted octanol–water partition coefficient (Wildman–Crippen LogP) is 1.10. The predicted molar refractivity (Wildman–Crippen MR) is 68.8 cm³/mol. The van der Waals surface area contributed by atoms with Gasteiger partial charge in [-0.2, -0.15) is 5.10 Å². The Morgan fingerprint density at radius 1 is 1.37 bits per heavy atom. The highest BCUT2D eigenvalue weighted by Crippen LogP contribution is 2.24. The number of nitrogens with one attached hydrogen (secondary N) is 1. The SMILES string of the molecule is Cc1cc(C(=O)NC2CCC(C(=O)O)CC2)n(C)n1. The first kappa shape index (κ1) is 13.6. The second kappa shape index (κ2) is 5.42. The van der Waals surface area contributed by atoms with Crippen molar-refractivity contribution in [1.82, 2.24) is 15.1 Å². The van der Waals surface area contributed by atoms with Crippen LogP contribution in [0.2, 0.25) is 0 Å². The summed E-state index contributed by atoms with van der Waals surface area (Å²) in [5, 5.41) is 16.0. The first-order chi connectivity index (χ1) is 8.97. The number of hydrogen-bond donors (Lipinski definition) is 2. The van der Waals surface area contributed by atoms with Gasteiger partial charge in [0.1, 0.15) is 5.69 Å². The van der Waals surface area contributed by atoms with Crippen molar-refractivity contribution < 1.29 is 14.7 Å². The Morgan fingerprint density at radius 2 is 2.00 bits per heavy atom. The molecule has 0 spiro atoms. The average molecular weight is 265 g/mol. The van der Waals surface area contributed by atoms with Crippen molar-refractivity contribution in [1.29, 1.82) is 0 Å². The minimum absolute atomic E-state index is 0.0679. The van der Waals surface area contributed by atoms with Crippen LogP contribution in [0.3, 0.4) is 0 Å². The number of nitrogens with zero attached hydrogens (tertiary/aromatic N) is 2.